The lowest BCUT2D eigenvalue weighted by molar-refractivity contribution is -0.133. The summed E-state index contributed by atoms with van der Waals surface area (Å²) in [7, 11) is 0.102. The average Bonchev–Trinajstić information content (AvgIpc) is 3.06. The third-order valence-corrected chi connectivity index (χ3v) is 6.60. The van der Waals surface area contributed by atoms with Gasteiger partial charge in [-0.15, -0.1) is 0 Å². The van der Waals surface area contributed by atoms with Crippen LogP contribution in [-0.2, 0) is 24.2 Å². The number of likely N-dealkylation sites (N-methyl/N-ethyl adjacent to an activating group) is 1. The normalized spacial score (nSPS) is 20.5. The minimum absolute atomic E-state index is 0.0209. The molecule has 10 nitrogen and oxygen atoms in total. The van der Waals surface area contributed by atoms with Crippen LogP contribution in [-0.4, -0.2) is 80.0 Å². The van der Waals surface area contributed by atoms with Gasteiger partial charge in [0.1, 0.15) is 11.5 Å². The van der Waals surface area contributed by atoms with Crippen LogP contribution in [0.4, 0.5) is 5.69 Å². The fourth-order valence-corrected chi connectivity index (χ4v) is 4.79. The third-order valence-electron chi connectivity index (χ3n) is 4.85. The third kappa shape index (κ3) is 5.35. The molecule has 0 spiro atoms. The van der Waals surface area contributed by atoms with Gasteiger partial charge < -0.3 is 15.0 Å². The van der Waals surface area contributed by atoms with Gasteiger partial charge in [-0.3, -0.25) is 14.4 Å². The topological polar surface area (TPSA) is 125 Å². The van der Waals surface area contributed by atoms with E-state index in [1.807, 2.05) is 0 Å². The van der Waals surface area contributed by atoms with Crippen LogP contribution in [0.3, 0.4) is 0 Å². The van der Waals surface area contributed by atoms with Gasteiger partial charge in [-0.2, -0.15) is 5.10 Å². The number of hydrazone groups is 1. The van der Waals surface area contributed by atoms with Crippen molar-refractivity contribution in [2.24, 2.45) is 5.10 Å². The summed E-state index contributed by atoms with van der Waals surface area (Å²) < 4.78 is 28.8. The smallest absolute Gasteiger partial charge is 0.271 e. The predicted molar refractivity (Wildman–Crippen MR) is 110 cm³/mol. The number of amides is 3. The molecule has 1 fully saturated rings. The van der Waals surface area contributed by atoms with Crippen molar-refractivity contribution in [1.82, 2.24) is 9.91 Å². The van der Waals surface area contributed by atoms with Gasteiger partial charge in [0.25, 0.3) is 11.8 Å². The number of carbonyl (C=O) groups is 3. The van der Waals surface area contributed by atoms with Crippen molar-refractivity contribution in [3.05, 3.63) is 24.3 Å². The Kier molecular flexibility index (Phi) is 6.40. The van der Waals surface area contributed by atoms with E-state index in [0.29, 0.717) is 17.9 Å². The van der Waals surface area contributed by atoms with Crippen molar-refractivity contribution in [3.8, 4) is 5.75 Å². The quantitative estimate of drug-likeness (QED) is 0.682. The molecule has 0 saturated carbocycles. The summed E-state index contributed by atoms with van der Waals surface area (Å²) in [5.74, 6) is -0.524. The Morgan fingerprint density at radius 3 is 2.53 bits per heavy atom. The molecule has 1 N–H and O–H groups in total. The van der Waals surface area contributed by atoms with Gasteiger partial charge in [0.2, 0.25) is 5.91 Å². The molecule has 0 aromatic heterocycles. The molecule has 162 valence electrons. The highest BCUT2D eigenvalue weighted by atomic mass is 32.2. The van der Waals surface area contributed by atoms with Crippen molar-refractivity contribution in [2.75, 3.05) is 37.5 Å². The first-order valence-corrected chi connectivity index (χ1v) is 11.3. The number of anilines is 1. The molecule has 2 aliphatic heterocycles. The van der Waals surface area contributed by atoms with Crippen LogP contribution < -0.4 is 10.1 Å². The van der Waals surface area contributed by atoms with Gasteiger partial charge in [-0.1, -0.05) is 0 Å². The maximum atomic E-state index is 12.6. The number of nitrogens with one attached hydrogen (secondary N) is 1. The molecule has 3 amide bonds. The minimum atomic E-state index is -3.17. The number of sulfone groups is 1. The number of rotatable bonds is 6. The zero-order chi connectivity index (χ0) is 21.9. The van der Waals surface area contributed by atoms with E-state index in [1.54, 1.807) is 38.4 Å². The molecular weight excluding hydrogens is 412 g/mol. The summed E-state index contributed by atoms with van der Waals surface area (Å²) in [6.45, 7) is -0.0870. The van der Waals surface area contributed by atoms with E-state index >= 15 is 0 Å². The Morgan fingerprint density at radius 1 is 1.23 bits per heavy atom. The molecule has 2 heterocycles. The van der Waals surface area contributed by atoms with E-state index < -0.39 is 21.8 Å². The molecule has 1 aromatic rings. The zero-order valence-electron chi connectivity index (χ0n) is 16.8. The van der Waals surface area contributed by atoms with Gasteiger partial charge in [-0.25, -0.2) is 13.4 Å². The monoisotopic (exact) mass is 436 g/mol. The molecule has 3 rings (SSSR count). The van der Waals surface area contributed by atoms with E-state index in [2.05, 4.69) is 10.4 Å². The maximum Gasteiger partial charge on any atom is 0.271 e. The van der Waals surface area contributed by atoms with E-state index in [0.717, 1.165) is 5.01 Å². The number of hydrogen-bond donors (Lipinski definition) is 1. The van der Waals surface area contributed by atoms with Crippen molar-refractivity contribution < 1.29 is 27.5 Å². The Morgan fingerprint density at radius 2 is 1.93 bits per heavy atom. The van der Waals surface area contributed by atoms with Crippen LogP contribution in [0.5, 0.6) is 5.75 Å². The molecule has 1 saturated heterocycles. The lowest BCUT2D eigenvalue weighted by Gasteiger charge is -2.27. The van der Waals surface area contributed by atoms with Crippen molar-refractivity contribution in [2.45, 2.75) is 25.3 Å². The van der Waals surface area contributed by atoms with Crippen molar-refractivity contribution >= 4 is 39.0 Å². The first-order chi connectivity index (χ1) is 14.1. The second kappa shape index (κ2) is 8.82. The zero-order valence-corrected chi connectivity index (χ0v) is 17.6. The van der Waals surface area contributed by atoms with E-state index in [-0.39, 0.29) is 48.5 Å². The summed E-state index contributed by atoms with van der Waals surface area (Å²) in [5.41, 5.74) is 0.677. The second-order valence-electron chi connectivity index (χ2n) is 7.40. The molecule has 30 heavy (non-hydrogen) atoms. The molecular formula is C19H24N4O6S. The fourth-order valence-electron chi connectivity index (χ4n) is 3.10. The summed E-state index contributed by atoms with van der Waals surface area (Å²) >= 11 is 0. The predicted octanol–water partition coefficient (Wildman–Crippen LogP) is 0.258. The van der Waals surface area contributed by atoms with E-state index in [1.165, 1.54) is 4.90 Å². The molecule has 0 aliphatic carbocycles. The van der Waals surface area contributed by atoms with Gasteiger partial charge in [0.15, 0.2) is 16.4 Å². The van der Waals surface area contributed by atoms with Crippen LogP contribution in [0.25, 0.3) is 0 Å². The maximum absolute atomic E-state index is 12.6. The first kappa shape index (κ1) is 21.8. The molecule has 1 atom stereocenters. The van der Waals surface area contributed by atoms with Crippen molar-refractivity contribution in [3.63, 3.8) is 0 Å². The van der Waals surface area contributed by atoms with Crippen molar-refractivity contribution in [1.29, 1.82) is 0 Å². The highest BCUT2D eigenvalue weighted by Crippen LogP contribution is 2.23. The summed E-state index contributed by atoms with van der Waals surface area (Å²) in [6.07, 6.45) is 0.619. The minimum Gasteiger partial charge on any atom is -0.484 e. The summed E-state index contributed by atoms with van der Waals surface area (Å²) in [4.78, 5) is 37.7. The van der Waals surface area contributed by atoms with E-state index in [4.69, 9.17) is 4.74 Å². The number of nitrogens with zero attached hydrogens (tertiary/aromatic N) is 3. The largest absolute Gasteiger partial charge is 0.484 e. The van der Waals surface area contributed by atoms with E-state index in [9.17, 15) is 22.8 Å². The molecule has 1 unspecified atom stereocenters. The number of hydrogen-bond acceptors (Lipinski definition) is 7. The highest BCUT2D eigenvalue weighted by Gasteiger charge is 2.37. The van der Waals surface area contributed by atoms with Crippen LogP contribution in [0.15, 0.2) is 29.4 Å². The van der Waals surface area contributed by atoms with Gasteiger partial charge in [-0.05, 0) is 30.7 Å². The molecule has 11 heteroatoms. The van der Waals surface area contributed by atoms with Gasteiger partial charge in [0.05, 0.1) is 17.5 Å². The highest BCUT2D eigenvalue weighted by molar-refractivity contribution is 7.91. The summed E-state index contributed by atoms with van der Waals surface area (Å²) in [6, 6.07) is 5.99. The first-order valence-electron chi connectivity index (χ1n) is 9.49. The lowest BCUT2D eigenvalue weighted by atomic mass is 10.1. The Bertz CT molecular complexity index is 971. The SMILES string of the molecule is CN(C)C(=O)COc1ccc(NC(=O)C2=NN(C3CCS(=O)(=O)C3)C(=O)CC2)cc1. The molecule has 0 radical (unpaired) electrons. The molecule has 2 aliphatic rings. The fraction of sp³-hybridized carbons (Fsp3) is 0.474. The Balaban J connectivity index is 1.61. The Hall–Kier alpha value is -2.95. The average molecular weight is 436 g/mol. The number of ether oxygens (including phenoxy) is 1. The molecule has 1 aromatic carbocycles. The van der Waals surface area contributed by atoms with Crippen LogP contribution in [0.2, 0.25) is 0 Å². The number of benzene rings is 1. The standard InChI is InChI=1S/C19H24N4O6S/c1-22(2)18(25)11-29-15-5-3-13(4-6-15)20-19(26)16-7-8-17(24)23(21-16)14-9-10-30(27,28)12-14/h3-6,14H,7-12H2,1-2H3,(H,20,26). The molecule has 0 bridgehead atoms. The van der Waals surface area contributed by atoms with Gasteiger partial charge >= 0.3 is 0 Å². The van der Waals surface area contributed by atoms with Crippen LogP contribution in [0.1, 0.15) is 19.3 Å². The second-order valence-corrected chi connectivity index (χ2v) is 9.63. The number of carbonyl (C=O) groups excluding carboxylic acids is 3. The van der Waals surface area contributed by atoms with Crippen LogP contribution >= 0.6 is 0 Å². The summed E-state index contributed by atoms with van der Waals surface area (Å²) in [5, 5.41) is 8.01. The van der Waals surface area contributed by atoms with Crippen LogP contribution in [0, 0.1) is 0 Å². The lowest BCUT2D eigenvalue weighted by Crippen LogP contribution is -2.42. The Labute approximate surface area is 174 Å². The van der Waals surface area contributed by atoms with Gasteiger partial charge in [0, 0.05) is 32.6 Å².